The van der Waals surface area contributed by atoms with Gasteiger partial charge in [-0.25, -0.2) is 0 Å². The lowest BCUT2D eigenvalue weighted by Crippen LogP contribution is -2.48. The number of piperidine rings is 1. The zero-order chi connectivity index (χ0) is 15.8. The number of amides is 1. The molecule has 2 atom stereocenters. The Morgan fingerprint density at radius 2 is 1.83 bits per heavy atom. The van der Waals surface area contributed by atoms with Crippen molar-refractivity contribution in [3.05, 3.63) is 23.8 Å². The molecule has 0 aliphatic carbocycles. The van der Waals surface area contributed by atoms with Crippen LogP contribution in [0.25, 0.3) is 0 Å². The Labute approximate surface area is 136 Å². The molecule has 0 spiro atoms. The Morgan fingerprint density at radius 1 is 1.13 bits per heavy atom. The maximum absolute atomic E-state index is 12.9. The van der Waals surface area contributed by atoms with Crippen LogP contribution in [0.2, 0.25) is 0 Å². The summed E-state index contributed by atoms with van der Waals surface area (Å²) in [5, 5.41) is 3.63. The topological polar surface area (TPSA) is 50.8 Å². The molecule has 1 N–H and O–H groups in total. The third-order valence-electron chi connectivity index (χ3n) is 5.31. The number of hydrogen-bond donors (Lipinski definition) is 1. The first kappa shape index (κ1) is 14.8. The molecule has 2 unspecified atom stereocenters. The maximum Gasteiger partial charge on any atom is 0.253 e. The lowest BCUT2D eigenvalue weighted by atomic mass is 9.98. The first-order valence-corrected chi connectivity index (χ1v) is 8.63. The van der Waals surface area contributed by atoms with E-state index in [9.17, 15) is 4.79 Å². The monoisotopic (exact) mass is 316 g/mol. The molecule has 124 valence electrons. The Balaban J connectivity index is 1.51. The highest BCUT2D eigenvalue weighted by Crippen LogP contribution is 2.33. The van der Waals surface area contributed by atoms with Crippen molar-refractivity contribution in [1.82, 2.24) is 10.2 Å². The summed E-state index contributed by atoms with van der Waals surface area (Å²) in [6.45, 7) is 1.30. The van der Waals surface area contributed by atoms with Crippen LogP contribution in [0.4, 0.5) is 0 Å². The van der Waals surface area contributed by atoms with Gasteiger partial charge in [-0.3, -0.25) is 4.79 Å². The van der Waals surface area contributed by atoms with E-state index in [4.69, 9.17) is 9.47 Å². The number of benzene rings is 1. The van der Waals surface area contributed by atoms with Crippen LogP contribution >= 0.6 is 0 Å². The summed E-state index contributed by atoms with van der Waals surface area (Å²) in [4.78, 5) is 14.8. The van der Waals surface area contributed by atoms with Crippen LogP contribution in [0.15, 0.2) is 18.2 Å². The summed E-state index contributed by atoms with van der Waals surface area (Å²) < 4.78 is 11.3. The van der Waals surface area contributed by atoms with Crippen molar-refractivity contribution in [2.24, 2.45) is 0 Å². The van der Waals surface area contributed by atoms with Gasteiger partial charge >= 0.3 is 0 Å². The Morgan fingerprint density at radius 3 is 2.57 bits per heavy atom. The zero-order valence-corrected chi connectivity index (χ0v) is 13.6. The summed E-state index contributed by atoms with van der Waals surface area (Å²) in [7, 11) is 1.93. The third-order valence-corrected chi connectivity index (χ3v) is 5.31. The second kappa shape index (κ2) is 6.04. The fraction of sp³-hybridized carbons (Fsp3) is 0.611. The standard InChI is InChI=1S/C18H24N2O3/c1-20(15-10-13-4-5-14(11-15)19-13)18(21)12-3-6-16-17(9-12)23-8-2-7-22-16/h3,6,9,13-15,19H,2,4-5,7-8,10-11H2,1H3. The van der Waals surface area contributed by atoms with Crippen molar-refractivity contribution in [3.8, 4) is 11.5 Å². The molecule has 1 aromatic rings. The number of fused-ring (bicyclic) bond motifs is 3. The molecule has 0 radical (unpaired) electrons. The van der Waals surface area contributed by atoms with Gasteiger partial charge in [-0.05, 0) is 43.9 Å². The quantitative estimate of drug-likeness (QED) is 0.909. The first-order chi connectivity index (χ1) is 11.2. The summed E-state index contributed by atoms with van der Waals surface area (Å²) >= 11 is 0. The van der Waals surface area contributed by atoms with E-state index in [1.54, 1.807) is 0 Å². The van der Waals surface area contributed by atoms with Crippen molar-refractivity contribution in [1.29, 1.82) is 0 Å². The van der Waals surface area contributed by atoms with Crippen LogP contribution in [0, 0.1) is 0 Å². The molecule has 3 aliphatic heterocycles. The third kappa shape index (κ3) is 2.90. The molecule has 0 saturated carbocycles. The van der Waals surface area contributed by atoms with E-state index in [1.165, 1.54) is 12.8 Å². The summed E-state index contributed by atoms with van der Waals surface area (Å²) in [5.74, 6) is 1.50. The minimum absolute atomic E-state index is 0.0759. The second-order valence-electron chi connectivity index (χ2n) is 6.89. The Kier molecular flexibility index (Phi) is 3.89. The molecule has 23 heavy (non-hydrogen) atoms. The van der Waals surface area contributed by atoms with Gasteiger partial charge in [-0.15, -0.1) is 0 Å². The highest BCUT2D eigenvalue weighted by Gasteiger charge is 2.36. The van der Waals surface area contributed by atoms with E-state index in [2.05, 4.69) is 5.32 Å². The van der Waals surface area contributed by atoms with Gasteiger partial charge in [0, 0.05) is 37.2 Å². The molecule has 4 rings (SSSR count). The molecule has 5 heteroatoms. The molecule has 1 amide bonds. The van der Waals surface area contributed by atoms with Crippen LogP contribution in [-0.4, -0.2) is 49.2 Å². The lowest BCUT2D eigenvalue weighted by molar-refractivity contribution is 0.0681. The Hall–Kier alpha value is -1.75. The number of nitrogens with one attached hydrogen (secondary N) is 1. The van der Waals surface area contributed by atoms with Crippen molar-refractivity contribution in [2.75, 3.05) is 20.3 Å². The van der Waals surface area contributed by atoms with Gasteiger partial charge in [-0.2, -0.15) is 0 Å². The van der Waals surface area contributed by atoms with Gasteiger partial charge in [0.05, 0.1) is 13.2 Å². The molecule has 2 saturated heterocycles. The van der Waals surface area contributed by atoms with Crippen molar-refractivity contribution >= 4 is 5.91 Å². The number of hydrogen-bond acceptors (Lipinski definition) is 4. The van der Waals surface area contributed by atoms with Crippen LogP contribution < -0.4 is 14.8 Å². The highest BCUT2D eigenvalue weighted by molar-refractivity contribution is 5.95. The molecule has 2 fully saturated rings. The van der Waals surface area contributed by atoms with Gasteiger partial charge < -0.3 is 19.7 Å². The van der Waals surface area contributed by atoms with E-state index < -0.39 is 0 Å². The molecule has 5 nitrogen and oxygen atoms in total. The average Bonchev–Trinajstić information content (AvgIpc) is 2.78. The lowest BCUT2D eigenvalue weighted by Gasteiger charge is -2.35. The second-order valence-corrected chi connectivity index (χ2v) is 6.89. The van der Waals surface area contributed by atoms with Crippen LogP contribution in [0.3, 0.4) is 0 Å². The summed E-state index contributed by atoms with van der Waals surface area (Å²) in [6, 6.07) is 7.03. The molecule has 3 heterocycles. The minimum atomic E-state index is 0.0759. The molecule has 3 aliphatic rings. The summed E-state index contributed by atoms with van der Waals surface area (Å²) in [5.41, 5.74) is 0.683. The van der Waals surface area contributed by atoms with Crippen LogP contribution in [-0.2, 0) is 0 Å². The van der Waals surface area contributed by atoms with Gasteiger partial charge in [0.1, 0.15) is 0 Å². The molecular formula is C18H24N2O3. The van der Waals surface area contributed by atoms with E-state index in [1.807, 2.05) is 30.1 Å². The van der Waals surface area contributed by atoms with Crippen LogP contribution in [0.5, 0.6) is 11.5 Å². The van der Waals surface area contributed by atoms with E-state index in [0.717, 1.165) is 25.0 Å². The first-order valence-electron chi connectivity index (χ1n) is 8.63. The maximum atomic E-state index is 12.9. The van der Waals surface area contributed by atoms with Gasteiger partial charge in [0.15, 0.2) is 11.5 Å². The zero-order valence-electron chi connectivity index (χ0n) is 13.6. The molecule has 2 bridgehead atoms. The predicted molar refractivity (Wildman–Crippen MR) is 87.1 cm³/mol. The smallest absolute Gasteiger partial charge is 0.253 e. The molecular weight excluding hydrogens is 292 g/mol. The number of rotatable bonds is 2. The minimum Gasteiger partial charge on any atom is -0.490 e. The fourth-order valence-electron chi connectivity index (χ4n) is 4.01. The number of carbonyl (C=O) groups excluding carboxylic acids is 1. The SMILES string of the molecule is CN(C(=O)c1ccc2c(c1)OCCCO2)C1CC2CCC(C1)N2. The predicted octanol–water partition coefficient (Wildman–Crippen LogP) is 2.20. The van der Waals surface area contributed by atoms with Crippen molar-refractivity contribution < 1.29 is 14.3 Å². The van der Waals surface area contributed by atoms with Gasteiger partial charge in [0.25, 0.3) is 5.91 Å². The average molecular weight is 316 g/mol. The van der Waals surface area contributed by atoms with E-state index >= 15 is 0 Å². The van der Waals surface area contributed by atoms with Gasteiger partial charge in [-0.1, -0.05) is 0 Å². The fourth-order valence-corrected chi connectivity index (χ4v) is 4.01. The number of ether oxygens (including phenoxy) is 2. The van der Waals surface area contributed by atoms with E-state index in [-0.39, 0.29) is 5.91 Å². The Bertz CT molecular complexity index is 592. The van der Waals surface area contributed by atoms with Crippen molar-refractivity contribution in [3.63, 3.8) is 0 Å². The number of nitrogens with zero attached hydrogens (tertiary/aromatic N) is 1. The van der Waals surface area contributed by atoms with Gasteiger partial charge in [0.2, 0.25) is 0 Å². The largest absolute Gasteiger partial charge is 0.490 e. The summed E-state index contributed by atoms with van der Waals surface area (Å²) in [6.07, 6.45) is 5.47. The molecule has 1 aromatic carbocycles. The highest BCUT2D eigenvalue weighted by atomic mass is 16.5. The molecule has 0 aromatic heterocycles. The number of carbonyl (C=O) groups is 1. The van der Waals surface area contributed by atoms with E-state index in [0.29, 0.717) is 42.7 Å². The van der Waals surface area contributed by atoms with Crippen molar-refractivity contribution in [2.45, 2.75) is 50.2 Å². The normalized spacial score (nSPS) is 29.0. The van der Waals surface area contributed by atoms with Crippen LogP contribution in [0.1, 0.15) is 42.5 Å².